The summed E-state index contributed by atoms with van der Waals surface area (Å²) in [5.74, 6) is 1.37. The predicted octanol–water partition coefficient (Wildman–Crippen LogP) is 4.31. The van der Waals surface area contributed by atoms with Gasteiger partial charge in [-0.15, -0.1) is 0 Å². The zero-order chi connectivity index (χ0) is 19.7. The number of benzene rings is 1. The van der Waals surface area contributed by atoms with Crippen molar-refractivity contribution in [1.82, 2.24) is 20.0 Å². The van der Waals surface area contributed by atoms with Crippen LogP contribution in [0.4, 0.5) is 0 Å². The highest BCUT2D eigenvalue weighted by atomic mass is 35.5. The van der Waals surface area contributed by atoms with Crippen LogP contribution >= 0.6 is 11.6 Å². The molecule has 1 saturated heterocycles. The smallest absolute Gasteiger partial charge is 0.227 e. The summed E-state index contributed by atoms with van der Waals surface area (Å²) in [4.78, 5) is 24.0. The lowest BCUT2D eigenvalue weighted by Crippen LogP contribution is -2.32. The Morgan fingerprint density at radius 1 is 1.32 bits per heavy atom. The van der Waals surface area contributed by atoms with Gasteiger partial charge in [-0.1, -0.05) is 28.9 Å². The number of aryl methyl sites for hydroxylation is 2. The number of hydrogen-bond acceptors (Lipinski definition) is 5. The zero-order valence-electron chi connectivity index (χ0n) is 15.9. The zero-order valence-corrected chi connectivity index (χ0v) is 16.6. The molecule has 0 radical (unpaired) electrons. The molecule has 0 bridgehead atoms. The third-order valence-electron chi connectivity index (χ3n) is 4.97. The molecule has 1 amide bonds. The van der Waals surface area contributed by atoms with Gasteiger partial charge < -0.3 is 9.42 Å². The van der Waals surface area contributed by atoms with E-state index in [2.05, 4.69) is 15.1 Å². The van der Waals surface area contributed by atoms with Gasteiger partial charge in [0.05, 0.1) is 29.4 Å². The van der Waals surface area contributed by atoms with Gasteiger partial charge in [0.15, 0.2) is 5.76 Å². The number of carbonyl (C=O) groups is 1. The van der Waals surface area contributed by atoms with Gasteiger partial charge >= 0.3 is 0 Å². The molecule has 6 nitrogen and oxygen atoms in total. The largest absolute Gasteiger partial charge is 0.356 e. The summed E-state index contributed by atoms with van der Waals surface area (Å²) in [5.41, 5.74) is 3.31. The maximum Gasteiger partial charge on any atom is 0.227 e. The van der Waals surface area contributed by atoms with E-state index in [0.29, 0.717) is 29.6 Å². The van der Waals surface area contributed by atoms with Crippen molar-refractivity contribution in [1.29, 1.82) is 0 Å². The van der Waals surface area contributed by atoms with Crippen molar-refractivity contribution in [3.8, 4) is 11.3 Å². The van der Waals surface area contributed by atoms with Crippen LogP contribution in [0.2, 0.25) is 5.02 Å². The highest BCUT2D eigenvalue weighted by molar-refractivity contribution is 6.30. The Labute approximate surface area is 168 Å². The lowest BCUT2D eigenvalue weighted by Gasteiger charge is -2.26. The van der Waals surface area contributed by atoms with Crippen molar-refractivity contribution in [2.75, 3.05) is 6.54 Å². The van der Waals surface area contributed by atoms with Crippen LogP contribution in [0.5, 0.6) is 0 Å². The van der Waals surface area contributed by atoms with E-state index in [4.69, 9.17) is 16.1 Å². The Kier molecular flexibility index (Phi) is 5.13. The fourth-order valence-corrected chi connectivity index (χ4v) is 3.91. The number of likely N-dealkylation sites (tertiary alicyclic amines) is 1. The standard InChI is InChI=1S/C21H21ClN4O2/c1-13-9-19(28-25-13)17-12-23-14(2)24-21(17)18-7-4-8-26(18)20(27)11-15-5-3-6-16(22)10-15/h3,5-6,9-10,12,18H,4,7-8,11H2,1-2H3/t18-/m0/s1. The van der Waals surface area contributed by atoms with E-state index in [9.17, 15) is 4.79 Å². The van der Waals surface area contributed by atoms with Crippen LogP contribution in [0.15, 0.2) is 41.1 Å². The molecule has 144 valence electrons. The van der Waals surface area contributed by atoms with Crippen molar-refractivity contribution in [3.63, 3.8) is 0 Å². The van der Waals surface area contributed by atoms with Crippen LogP contribution in [0.3, 0.4) is 0 Å². The normalized spacial score (nSPS) is 16.5. The number of nitrogens with zero attached hydrogens (tertiary/aromatic N) is 4. The van der Waals surface area contributed by atoms with Gasteiger partial charge in [-0.05, 0) is 44.4 Å². The molecule has 1 fully saturated rings. The quantitative estimate of drug-likeness (QED) is 0.657. The van der Waals surface area contributed by atoms with Gasteiger partial charge in [0.25, 0.3) is 0 Å². The van der Waals surface area contributed by atoms with Gasteiger partial charge in [0.2, 0.25) is 5.91 Å². The first-order valence-corrected chi connectivity index (χ1v) is 9.70. The summed E-state index contributed by atoms with van der Waals surface area (Å²) < 4.78 is 5.45. The first-order valence-electron chi connectivity index (χ1n) is 9.32. The monoisotopic (exact) mass is 396 g/mol. The predicted molar refractivity (Wildman–Crippen MR) is 106 cm³/mol. The molecule has 0 unspecified atom stereocenters. The first-order chi connectivity index (χ1) is 13.5. The number of aromatic nitrogens is 3. The van der Waals surface area contributed by atoms with Crippen LogP contribution in [-0.2, 0) is 11.2 Å². The van der Waals surface area contributed by atoms with Crippen LogP contribution in [0.1, 0.15) is 41.7 Å². The Bertz CT molecular complexity index is 1020. The summed E-state index contributed by atoms with van der Waals surface area (Å²) in [5, 5.41) is 4.61. The number of hydrogen-bond donors (Lipinski definition) is 0. The van der Waals surface area contributed by atoms with Crippen molar-refractivity contribution in [2.24, 2.45) is 0 Å². The second-order valence-corrected chi connectivity index (χ2v) is 7.54. The van der Waals surface area contributed by atoms with E-state index in [1.807, 2.05) is 49.1 Å². The average molecular weight is 397 g/mol. The minimum atomic E-state index is -0.103. The van der Waals surface area contributed by atoms with Crippen molar-refractivity contribution >= 4 is 17.5 Å². The lowest BCUT2D eigenvalue weighted by atomic mass is 10.0. The van der Waals surface area contributed by atoms with E-state index >= 15 is 0 Å². The maximum absolute atomic E-state index is 13.1. The van der Waals surface area contributed by atoms with Gasteiger partial charge in [0, 0.05) is 23.8 Å². The van der Waals surface area contributed by atoms with E-state index in [0.717, 1.165) is 35.4 Å². The minimum Gasteiger partial charge on any atom is -0.356 e. The van der Waals surface area contributed by atoms with Crippen LogP contribution < -0.4 is 0 Å². The number of rotatable bonds is 4. The first kappa shape index (κ1) is 18.6. The second kappa shape index (κ2) is 7.72. The molecular weight excluding hydrogens is 376 g/mol. The fourth-order valence-electron chi connectivity index (χ4n) is 3.69. The third kappa shape index (κ3) is 3.78. The molecular formula is C21H21ClN4O2. The van der Waals surface area contributed by atoms with Gasteiger partial charge in [-0.2, -0.15) is 0 Å². The highest BCUT2D eigenvalue weighted by Crippen LogP contribution is 2.37. The minimum absolute atomic E-state index is 0.0701. The highest BCUT2D eigenvalue weighted by Gasteiger charge is 2.33. The molecule has 1 aliphatic heterocycles. The molecule has 0 spiro atoms. The second-order valence-electron chi connectivity index (χ2n) is 7.10. The average Bonchev–Trinajstić information content (AvgIpc) is 3.31. The summed E-state index contributed by atoms with van der Waals surface area (Å²) in [6, 6.07) is 9.20. The molecule has 1 aromatic carbocycles. The molecule has 1 aliphatic rings. The van der Waals surface area contributed by atoms with Gasteiger partial charge in [-0.25, -0.2) is 9.97 Å². The number of amides is 1. The summed E-state index contributed by atoms with van der Waals surface area (Å²) in [6.45, 7) is 4.44. The Morgan fingerprint density at radius 3 is 2.93 bits per heavy atom. The molecule has 3 heterocycles. The number of halogens is 1. The van der Waals surface area contributed by atoms with E-state index in [1.54, 1.807) is 6.20 Å². The molecule has 2 aromatic heterocycles. The summed E-state index contributed by atoms with van der Waals surface area (Å²) >= 11 is 6.06. The van der Waals surface area contributed by atoms with E-state index in [1.165, 1.54) is 0 Å². The molecule has 0 saturated carbocycles. The Hall–Kier alpha value is -2.73. The molecule has 0 N–H and O–H groups in total. The summed E-state index contributed by atoms with van der Waals surface area (Å²) in [7, 11) is 0. The van der Waals surface area contributed by atoms with Gasteiger partial charge in [0.1, 0.15) is 5.82 Å². The lowest BCUT2D eigenvalue weighted by molar-refractivity contribution is -0.131. The molecule has 1 atom stereocenters. The van der Waals surface area contributed by atoms with E-state index in [-0.39, 0.29) is 11.9 Å². The maximum atomic E-state index is 13.1. The molecule has 28 heavy (non-hydrogen) atoms. The van der Waals surface area contributed by atoms with Gasteiger partial charge in [-0.3, -0.25) is 4.79 Å². The van der Waals surface area contributed by atoms with Crippen molar-refractivity contribution in [2.45, 2.75) is 39.2 Å². The van der Waals surface area contributed by atoms with Crippen molar-refractivity contribution in [3.05, 3.63) is 64.3 Å². The Balaban J connectivity index is 1.65. The van der Waals surface area contributed by atoms with Crippen LogP contribution in [0, 0.1) is 13.8 Å². The third-order valence-corrected chi connectivity index (χ3v) is 5.20. The molecule has 4 rings (SSSR count). The molecule has 3 aromatic rings. The Morgan fingerprint density at radius 2 is 2.18 bits per heavy atom. The van der Waals surface area contributed by atoms with E-state index < -0.39 is 0 Å². The van der Waals surface area contributed by atoms with Crippen LogP contribution in [0.25, 0.3) is 11.3 Å². The molecule has 0 aliphatic carbocycles. The fraction of sp³-hybridized carbons (Fsp3) is 0.333. The summed E-state index contributed by atoms with van der Waals surface area (Å²) in [6.07, 6.45) is 3.87. The number of carbonyl (C=O) groups excluding carboxylic acids is 1. The van der Waals surface area contributed by atoms with Crippen molar-refractivity contribution < 1.29 is 9.32 Å². The molecule has 7 heteroatoms. The topological polar surface area (TPSA) is 72.1 Å². The van der Waals surface area contributed by atoms with Crippen LogP contribution in [-0.4, -0.2) is 32.5 Å². The SMILES string of the molecule is Cc1cc(-c2cnc(C)nc2[C@@H]2CCCN2C(=O)Cc2cccc(Cl)c2)on1.